The lowest BCUT2D eigenvalue weighted by Gasteiger charge is -2.28. The van der Waals surface area contributed by atoms with Gasteiger partial charge < -0.3 is 19.1 Å². The molecule has 0 fully saturated rings. The highest BCUT2D eigenvalue weighted by Crippen LogP contribution is 2.25. The Morgan fingerprint density at radius 2 is 2.00 bits per heavy atom. The van der Waals surface area contributed by atoms with Crippen molar-refractivity contribution in [3.8, 4) is 11.5 Å². The van der Waals surface area contributed by atoms with Crippen LogP contribution in [0.25, 0.3) is 0 Å². The van der Waals surface area contributed by atoms with E-state index in [2.05, 4.69) is 11.1 Å². The Morgan fingerprint density at radius 1 is 1.19 bits per heavy atom. The van der Waals surface area contributed by atoms with Gasteiger partial charge in [0.05, 0.1) is 25.6 Å². The van der Waals surface area contributed by atoms with E-state index in [9.17, 15) is 4.79 Å². The first kappa shape index (κ1) is 19.0. The number of hydrogen-bond acceptors (Lipinski definition) is 5. The third kappa shape index (κ3) is 5.12. The maximum absolute atomic E-state index is 12.2. The maximum Gasteiger partial charge on any atom is 0.410 e. The molecule has 0 radical (unpaired) electrons. The van der Waals surface area contributed by atoms with E-state index in [1.807, 2.05) is 38.1 Å². The van der Waals surface area contributed by atoms with Crippen molar-refractivity contribution in [3.05, 3.63) is 53.3 Å². The molecular formula is C21H26N2O4. The van der Waals surface area contributed by atoms with Gasteiger partial charge in [0.25, 0.3) is 0 Å². The molecule has 1 aliphatic heterocycles. The van der Waals surface area contributed by atoms with Gasteiger partial charge in [-0.15, -0.1) is 0 Å². The van der Waals surface area contributed by atoms with Crippen LogP contribution in [-0.2, 0) is 24.3 Å². The minimum Gasteiger partial charge on any atom is -0.495 e. The first-order chi connectivity index (χ1) is 13.0. The molecule has 0 saturated carbocycles. The molecule has 6 heteroatoms. The average molecular weight is 370 g/mol. The Morgan fingerprint density at radius 3 is 2.70 bits per heavy atom. The van der Waals surface area contributed by atoms with Gasteiger partial charge in [0, 0.05) is 13.1 Å². The first-order valence-electron chi connectivity index (χ1n) is 9.20. The van der Waals surface area contributed by atoms with Crippen molar-refractivity contribution in [2.45, 2.75) is 33.4 Å². The van der Waals surface area contributed by atoms with Crippen molar-refractivity contribution >= 4 is 6.09 Å². The van der Waals surface area contributed by atoms with Gasteiger partial charge in [0.2, 0.25) is 0 Å². The second-order valence-corrected chi connectivity index (χ2v) is 7.05. The minimum atomic E-state index is -0.247. The minimum absolute atomic E-state index is 0.247. The van der Waals surface area contributed by atoms with Gasteiger partial charge in [0.1, 0.15) is 18.1 Å². The fourth-order valence-corrected chi connectivity index (χ4v) is 2.88. The zero-order valence-corrected chi connectivity index (χ0v) is 16.1. The number of aromatic nitrogens is 1. The summed E-state index contributed by atoms with van der Waals surface area (Å²) in [5.74, 6) is 1.82. The van der Waals surface area contributed by atoms with Gasteiger partial charge in [0.15, 0.2) is 0 Å². The lowest BCUT2D eigenvalue weighted by atomic mass is 10.00. The molecule has 0 spiro atoms. The van der Waals surface area contributed by atoms with Crippen molar-refractivity contribution in [2.24, 2.45) is 5.92 Å². The quantitative estimate of drug-likeness (QED) is 0.774. The molecule has 0 N–H and O–H groups in total. The summed E-state index contributed by atoms with van der Waals surface area (Å²) in [7, 11) is 1.61. The SMILES string of the molecule is COc1ccc(COc2ccc3c(c2)CN(C(=O)OCC(C)C)CC3)nc1. The summed E-state index contributed by atoms with van der Waals surface area (Å²) < 4.78 is 16.3. The van der Waals surface area contributed by atoms with E-state index >= 15 is 0 Å². The molecule has 3 rings (SSSR count). The summed E-state index contributed by atoms with van der Waals surface area (Å²) in [6.45, 7) is 6.10. The van der Waals surface area contributed by atoms with Crippen LogP contribution in [0, 0.1) is 5.92 Å². The van der Waals surface area contributed by atoms with Crippen LogP contribution in [0.1, 0.15) is 30.7 Å². The summed E-state index contributed by atoms with van der Waals surface area (Å²) in [4.78, 5) is 18.3. The molecule has 0 bridgehead atoms. The number of carbonyl (C=O) groups is 1. The molecule has 0 unspecified atom stereocenters. The molecular weight excluding hydrogens is 344 g/mol. The number of methoxy groups -OCH3 is 1. The Hall–Kier alpha value is -2.76. The van der Waals surface area contributed by atoms with Crippen LogP contribution in [-0.4, -0.2) is 36.2 Å². The molecule has 0 aliphatic carbocycles. The van der Waals surface area contributed by atoms with E-state index in [0.29, 0.717) is 32.2 Å². The number of hydrogen-bond donors (Lipinski definition) is 0. The second-order valence-electron chi connectivity index (χ2n) is 7.05. The molecule has 6 nitrogen and oxygen atoms in total. The van der Waals surface area contributed by atoms with E-state index in [1.165, 1.54) is 5.56 Å². The number of ether oxygens (including phenoxy) is 3. The zero-order chi connectivity index (χ0) is 19.2. The van der Waals surface area contributed by atoms with Crippen LogP contribution in [0.4, 0.5) is 4.79 Å². The predicted molar refractivity (Wildman–Crippen MR) is 102 cm³/mol. The molecule has 1 amide bonds. The van der Waals surface area contributed by atoms with Gasteiger partial charge >= 0.3 is 6.09 Å². The van der Waals surface area contributed by atoms with E-state index in [4.69, 9.17) is 14.2 Å². The van der Waals surface area contributed by atoms with E-state index < -0.39 is 0 Å². The molecule has 27 heavy (non-hydrogen) atoms. The van der Waals surface area contributed by atoms with Crippen LogP contribution in [0.15, 0.2) is 36.5 Å². The van der Waals surface area contributed by atoms with Gasteiger partial charge in [-0.25, -0.2) is 4.79 Å². The molecule has 2 heterocycles. The molecule has 144 valence electrons. The monoisotopic (exact) mass is 370 g/mol. The lowest BCUT2D eigenvalue weighted by Crippen LogP contribution is -2.36. The Labute approximate surface area is 160 Å². The van der Waals surface area contributed by atoms with Crippen LogP contribution in [0.2, 0.25) is 0 Å². The van der Waals surface area contributed by atoms with Gasteiger partial charge in [-0.1, -0.05) is 19.9 Å². The standard InChI is InChI=1S/C21H26N2O4/c1-15(2)13-27-21(24)23-9-8-16-4-6-19(10-17(16)12-23)26-14-18-5-7-20(25-3)11-22-18/h4-7,10-11,15H,8-9,12-14H2,1-3H3. The number of amides is 1. The topological polar surface area (TPSA) is 60.9 Å². The third-order valence-electron chi connectivity index (χ3n) is 4.41. The van der Waals surface area contributed by atoms with E-state index in [-0.39, 0.29) is 6.09 Å². The fraction of sp³-hybridized carbons (Fsp3) is 0.429. The molecule has 0 atom stereocenters. The smallest absolute Gasteiger partial charge is 0.410 e. The molecule has 1 aromatic carbocycles. The molecule has 1 aliphatic rings. The van der Waals surface area contributed by atoms with Crippen molar-refractivity contribution < 1.29 is 19.0 Å². The third-order valence-corrected chi connectivity index (χ3v) is 4.41. The summed E-state index contributed by atoms with van der Waals surface area (Å²) in [5.41, 5.74) is 3.17. The number of nitrogens with zero attached hydrogens (tertiary/aromatic N) is 2. The average Bonchev–Trinajstić information content (AvgIpc) is 2.70. The Kier molecular flexibility index (Phi) is 6.16. The van der Waals surface area contributed by atoms with E-state index in [1.54, 1.807) is 18.2 Å². The summed E-state index contributed by atoms with van der Waals surface area (Å²) in [6, 6.07) is 9.78. The highest BCUT2D eigenvalue weighted by Gasteiger charge is 2.22. The van der Waals surface area contributed by atoms with Crippen LogP contribution in [0.3, 0.4) is 0 Å². The Bertz CT molecular complexity index is 774. The molecule has 1 aromatic heterocycles. The summed E-state index contributed by atoms with van der Waals surface area (Å²) in [5, 5.41) is 0. The normalized spacial score (nSPS) is 13.3. The number of rotatable bonds is 6. The van der Waals surface area contributed by atoms with Crippen molar-refractivity contribution in [2.75, 3.05) is 20.3 Å². The van der Waals surface area contributed by atoms with E-state index in [0.717, 1.165) is 29.2 Å². The molecule has 0 saturated heterocycles. The zero-order valence-electron chi connectivity index (χ0n) is 16.1. The fourth-order valence-electron chi connectivity index (χ4n) is 2.88. The first-order valence-corrected chi connectivity index (χ1v) is 9.20. The highest BCUT2D eigenvalue weighted by atomic mass is 16.6. The predicted octanol–water partition coefficient (Wildman–Crippen LogP) is 3.82. The Balaban J connectivity index is 1.60. The van der Waals surface area contributed by atoms with Crippen LogP contribution in [0.5, 0.6) is 11.5 Å². The van der Waals surface area contributed by atoms with Crippen LogP contribution >= 0.6 is 0 Å². The maximum atomic E-state index is 12.2. The highest BCUT2D eigenvalue weighted by molar-refractivity contribution is 5.68. The van der Waals surface area contributed by atoms with Gasteiger partial charge in [-0.3, -0.25) is 4.98 Å². The number of pyridine rings is 1. The van der Waals surface area contributed by atoms with Gasteiger partial charge in [-0.2, -0.15) is 0 Å². The van der Waals surface area contributed by atoms with Crippen LogP contribution < -0.4 is 9.47 Å². The number of carbonyl (C=O) groups excluding carboxylic acids is 1. The van der Waals surface area contributed by atoms with Crippen molar-refractivity contribution in [1.29, 1.82) is 0 Å². The largest absolute Gasteiger partial charge is 0.495 e. The van der Waals surface area contributed by atoms with Gasteiger partial charge in [-0.05, 0) is 47.7 Å². The second kappa shape index (κ2) is 8.75. The number of benzene rings is 1. The number of fused-ring (bicyclic) bond motifs is 1. The van der Waals surface area contributed by atoms with Crippen molar-refractivity contribution in [1.82, 2.24) is 9.88 Å². The summed E-state index contributed by atoms with van der Waals surface area (Å²) in [6.07, 6.45) is 2.25. The van der Waals surface area contributed by atoms with Crippen molar-refractivity contribution in [3.63, 3.8) is 0 Å². The summed E-state index contributed by atoms with van der Waals surface area (Å²) >= 11 is 0. The lowest BCUT2D eigenvalue weighted by molar-refractivity contribution is 0.0878. The molecule has 2 aromatic rings.